The summed E-state index contributed by atoms with van der Waals surface area (Å²) >= 11 is 5.90. The van der Waals surface area contributed by atoms with Gasteiger partial charge in [-0.05, 0) is 48.0 Å². The molecule has 1 heterocycles. The smallest absolute Gasteiger partial charge is 0.330 e. The molecule has 0 aliphatic heterocycles. The Hall–Kier alpha value is -4.37. The Kier molecular flexibility index (Phi) is 8.37. The molecule has 4 rings (SSSR count). The third kappa shape index (κ3) is 6.65. The summed E-state index contributed by atoms with van der Waals surface area (Å²) in [5.74, 6) is 1.21. The van der Waals surface area contributed by atoms with Crippen molar-refractivity contribution in [3.8, 4) is 17.2 Å². The van der Waals surface area contributed by atoms with E-state index in [1.165, 1.54) is 31.6 Å². The highest BCUT2D eigenvalue weighted by atomic mass is 35.5. The molecular weight excluding hydrogens is 501 g/mol. The van der Waals surface area contributed by atoms with Gasteiger partial charge in [0.25, 0.3) is 0 Å². The minimum Gasteiger partial charge on any atom is -0.493 e. The first-order valence-corrected chi connectivity index (χ1v) is 11.5. The average molecular weight is 524 g/mol. The molecule has 0 unspecified atom stereocenters. The first-order valence-electron chi connectivity index (χ1n) is 11.1. The number of ether oxygens (including phenoxy) is 4. The molecule has 1 N–H and O–H groups in total. The van der Waals surface area contributed by atoms with E-state index in [-0.39, 0.29) is 18.2 Å². The molecule has 10 heteroatoms. The summed E-state index contributed by atoms with van der Waals surface area (Å²) in [6.45, 7) is 0.527. The van der Waals surface area contributed by atoms with Gasteiger partial charge in [-0.25, -0.2) is 19.2 Å². The van der Waals surface area contributed by atoms with E-state index in [0.717, 1.165) is 5.56 Å². The van der Waals surface area contributed by atoms with E-state index in [1.54, 1.807) is 43.5 Å². The van der Waals surface area contributed by atoms with E-state index in [9.17, 15) is 9.18 Å². The van der Waals surface area contributed by atoms with Gasteiger partial charge < -0.3 is 24.3 Å². The Morgan fingerprint density at radius 1 is 1.00 bits per heavy atom. The maximum Gasteiger partial charge on any atom is 0.330 e. The zero-order valence-corrected chi connectivity index (χ0v) is 20.8. The van der Waals surface area contributed by atoms with Crippen molar-refractivity contribution in [2.75, 3.05) is 32.8 Å². The molecule has 37 heavy (non-hydrogen) atoms. The van der Waals surface area contributed by atoms with Crippen LogP contribution in [0.25, 0.3) is 17.0 Å². The van der Waals surface area contributed by atoms with Crippen LogP contribution in [-0.2, 0) is 9.53 Å². The number of fused-ring (bicyclic) bond motifs is 1. The molecule has 1 aromatic heterocycles. The predicted octanol–water partition coefficient (Wildman–Crippen LogP) is 5.82. The van der Waals surface area contributed by atoms with Crippen LogP contribution in [0, 0.1) is 5.82 Å². The van der Waals surface area contributed by atoms with Gasteiger partial charge in [0.15, 0.2) is 11.5 Å². The Balaban J connectivity index is 1.43. The van der Waals surface area contributed by atoms with Crippen LogP contribution in [0.4, 0.5) is 15.9 Å². The van der Waals surface area contributed by atoms with Crippen LogP contribution in [0.15, 0.2) is 67.0 Å². The summed E-state index contributed by atoms with van der Waals surface area (Å²) in [7, 11) is 2.87. The molecule has 3 aromatic carbocycles. The van der Waals surface area contributed by atoms with E-state index >= 15 is 0 Å². The number of halogens is 2. The number of nitrogens with one attached hydrogen (secondary N) is 1. The number of esters is 1. The van der Waals surface area contributed by atoms with Gasteiger partial charge >= 0.3 is 5.97 Å². The molecule has 0 fully saturated rings. The summed E-state index contributed by atoms with van der Waals surface area (Å²) in [6.07, 6.45) is 4.42. The van der Waals surface area contributed by atoms with Gasteiger partial charge in [0.2, 0.25) is 0 Å². The number of anilines is 2. The number of nitrogens with zero attached hydrogens (tertiary/aromatic N) is 2. The van der Waals surface area contributed by atoms with Crippen molar-refractivity contribution in [3.63, 3.8) is 0 Å². The van der Waals surface area contributed by atoms with Gasteiger partial charge in [0.1, 0.15) is 36.9 Å². The molecule has 190 valence electrons. The lowest BCUT2D eigenvalue weighted by molar-refractivity contribution is -0.134. The van der Waals surface area contributed by atoms with Crippen LogP contribution >= 0.6 is 11.6 Å². The van der Waals surface area contributed by atoms with Crippen LogP contribution in [-0.4, -0.2) is 43.4 Å². The second-order valence-corrected chi connectivity index (χ2v) is 8.03. The molecule has 8 nitrogen and oxygen atoms in total. The van der Waals surface area contributed by atoms with Gasteiger partial charge in [-0.15, -0.1) is 0 Å². The number of methoxy groups -OCH3 is 2. The van der Waals surface area contributed by atoms with Crippen molar-refractivity contribution in [1.29, 1.82) is 0 Å². The second kappa shape index (κ2) is 12.0. The van der Waals surface area contributed by atoms with Crippen molar-refractivity contribution < 1.29 is 28.1 Å². The molecule has 0 amide bonds. The standard InChI is InChI=1S/C27H23ClFN3O5/c1-34-24-15-23-20(27(31-16-30-23)32-18-6-9-22(29)21(28)13-18)14-25(24)37-12-11-36-19-7-3-17(4-8-19)5-10-26(33)35-2/h3-10,13-16H,11-12H2,1-2H3,(H,30,31,32)/b10-5+. The number of hydrogen-bond acceptors (Lipinski definition) is 8. The Morgan fingerprint density at radius 2 is 1.78 bits per heavy atom. The topological polar surface area (TPSA) is 91.8 Å². The summed E-state index contributed by atoms with van der Waals surface area (Å²) in [5, 5.41) is 3.82. The number of rotatable bonds is 10. The first-order chi connectivity index (χ1) is 18.0. The number of carbonyl (C=O) groups excluding carboxylic acids is 1. The van der Waals surface area contributed by atoms with Crippen molar-refractivity contribution in [2.24, 2.45) is 0 Å². The van der Waals surface area contributed by atoms with Crippen molar-refractivity contribution in [1.82, 2.24) is 9.97 Å². The highest BCUT2D eigenvalue weighted by molar-refractivity contribution is 6.31. The van der Waals surface area contributed by atoms with Gasteiger partial charge in [-0.2, -0.15) is 0 Å². The number of benzene rings is 3. The quantitative estimate of drug-likeness (QED) is 0.158. The van der Waals surface area contributed by atoms with Gasteiger partial charge in [0.05, 0.1) is 24.8 Å². The minimum atomic E-state index is -0.506. The monoisotopic (exact) mass is 523 g/mol. The maximum atomic E-state index is 13.5. The third-order valence-corrected chi connectivity index (χ3v) is 5.50. The van der Waals surface area contributed by atoms with Crippen LogP contribution < -0.4 is 19.5 Å². The van der Waals surface area contributed by atoms with E-state index in [0.29, 0.717) is 39.7 Å². The zero-order chi connectivity index (χ0) is 26.2. The van der Waals surface area contributed by atoms with Crippen LogP contribution in [0.5, 0.6) is 17.2 Å². The molecule has 0 bridgehead atoms. The normalized spacial score (nSPS) is 10.9. The number of carbonyl (C=O) groups is 1. The lowest BCUT2D eigenvalue weighted by Gasteiger charge is -2.14. The second-order valence-electron chi connectivity index (χ2n) is 7.62. The Bertz CT molecular complexity index is 1430. The fraction of sp³-hybridized carbons (Fsp3) is 0.148. The fourth-order valence-electron chi connectivity index (χ4n) is 3.37. The largest absolute Gasteiger partial charge is 0.493 e. The van der Waals surface area contributed by atoms with Gasteiger partial charge in [-0.3, -0.25) is 0 Å². The third-order valence-electron chi connectivity index (χ3n) is 5.21. The molecular formula is C27H23ClFN3O5. The van der Waals surface area contributed by atoms with Crippen molar-refractivity contribution >= 4 is 46.1 Å². The molecule has 0 atom stereocenters. The predicted molar refractivity (Wildman–Crippen MR) is 139 cm³/mol. The molecule has 0 saturated carbocycles. The lowest BCUT2D eigenvalue weighted by Crippen LogP contribution is -2.09. The maximum absolute atomic E-state index is 13.5. The average Bonchev–Trinajstić information content (AvgIpc) is 2.92. The summed E-state index contributed by atoms with van der Waals surface area (Å²) in [6, 6.07) is 15.1. The highest BCUT2D eigenvalue weighted by Crippen LogP contribution is 2.35. The molecule has 0 aliphatic rings. The van der Waals surface area contributed by atoms with Crippen molar-refractivity contribution in [3.05, 3.63) is 83.4 Å². The molecule has 0 aliphatic carbocycles. The molecule has 0 spiro atoms. The number of aromatic nitrogens is 2. The van der Waals surface area contributed by atoms with Crippen molar-refractivity contribution in [2.45, 2.75) is 0 Å². The van der Waals surface area contributed by atoms with E-state index in [2.05, 4.69) is 20.0 Å². The zero-order valence-electron chi connectivity index (χ0n) is 20.0. The lowest BCUT2D eigenvalue weighted by atomic mass is 10.2. The summed E-state index contributed by atoms with van der Waals surface area (Å²) in [4.78, 5) is 19.8. The van der Waals surface area contributed by atoms with Crippen LogP contribution in [0.2, 0.25) is 5.02 Å². The summed E-state index contributed by atoms with van der Waals surface area (Å²) < 4.78 is 35.3. The summed E-state index contributed by atoms with van der Waals surface area (Å²) in [5.41, 5.74) is 2.04. The SMILES string of the molecule is COC(=O)/C=C/c1ccc(OCCOc2cc3c(Nc4ccc(F)c(Cl)c4)ncnc3cc2OC)cc1. The Labute approximate surface area is 217 Å². The Morgan fingerprint density at radius 3 is 2.51 bits per heavy atom. The highest BCUT2D eigenvalue weighted by Gasteiger charge is 2.13. The fourth-order valence-corrected chi connectivity index (χ4v) is 3.55. The van der Waals surface area contributed by atoms with E-state index in [4.69, 9.17) is 25.8 Å². The van der Waals surface area contributed by atoms with E-state index < -0.39 is 11.8 Å². The first kappa shape index (κ1) is 25.7. The van der Waals surface area contributed by atoms with Gasteiger partial charge in [-0.1, -0.05) is 23.7 Å². The minimum absolute atomic E-state index is 0.00125. The molecule has 0 saturated heterocycles. The van der Waals surface area contributed by atoms with Gasteiger partial charge in [0, 0.05) is 23.2 Å². The van der Waals surface area contributed by atoms with E-state index in [1.807, 2.05) is 12.1 Å². The van der Waals surface area contributed by atoms with Crippen LogP contribution in [0.3, 0.4) is 0 Å². The molecule has 4 aromatic rings. The molecule has 0 radical (unpaired) electrons. The number of hydrogen-bond donors (Lipinski definition) is 1. The van der Waals surface area contributed by atoms with Crippen LogP contribution in [0.1, 0.15) is 5.56 Å².